The number of nitrogens with zero attached hydrogens (tertiary/aromatic N) is 4. The molecule has 1 fully saturated rings. The molecule has 190 valence electrons. The molecule has 4 aromatic rings. The van der Waals surface area contributed by atoms with Gasteiger partial charge in [0.2, 0.25) is 11.9 Å². The summed E-state index contributed by atoms with van der Waals surface area (Å²) in [5, 5.41) is 7.36. The number of fused-ring (bicyclic) bond motifs is 1. The number of aromatic nitrogens is 3. The predicted molar refractivity (Wildman–Crippen MR) is 145 cm³/mol. The number of benzene rings is 2. The summed E-state index contributed by atoms with van der Waals surface area (Å²) in [6.07, 6.45) is 4.68. The maximum absolute atomic E-state index is 11.6. The van der Waals surface area contributed by atoms with Crippen molar-refractivity contribution in [2.75, 3.05) is 50.1 Å². The van der Waals surface area contributed by atoms with Crippen molar-refractivity contribution in [3.05, 3.63) is 78.6 Å². The smallest absolute Gasteiger partial charge is 0.247 e. The molecular weight excluding hydrogens is 492 g/mol. The monoisotopic (exact) mass is 518 g/mol. The molecule has 37 heavy (non-hydrogen) atoms. The third kappa shape index (κ3) is 5.91. The van der Waals surface area contributed by atoms with Crippen LogP contribution in [-0.4, -0.2) is 64.8 Å². The van der Waals surface area contributed by atoms with E-state index < -0.39 is 0 Å². The highest BCUT2D eigenvalue weighted by atomic mass is 35.5. The van der Waals surface area contributed by atoms with Gasteiger partial charge in [0.25, 0.3) is 0 Å². The Balaban J connectivity index is 1.34. The zero-order valence-electron chi connectivity index (χ0n) is 20.2. The topological polar surface area (TPSA) is 93.5 Å². The Hall–Kier alpha value is -3.92. The predicted octanol–water partition coefficient (Wildman–Crippen LogP) is 4.65. The summed E-state index contributed by atoms with van der Waals surface area (Å²) >= 11 is 6.50. The zero-order chi connectivity index (χ0) is 25.6. The normalized spacial score (nSPS) is 13.9. The molecule has 1 saturated heterocycles. The summed E-state index contributed by atoms with van der Waals surface area (Å²) in [4.78, 5) is 23.0. The van der Waals surface area contributed by atoms with Gasteiger partial charge in [-0.3, -0.25) is 14.3 Å². The van der Waals surface area contributed by atoms with Gasteiger partial charge in [-0.15, -0.1) is 0 Å². The Kier molecular flexibility index (Phi) is 7.65. The van der Waals surface area contributed by atoms with Crippen LogP contribution in [0, 0.1) is 0 Å². The summed E-state index contributed by atoms with van der Waals surface area (Å²) in [5.74, 6) is 1.37. The average molecular weight is 519 g/mol. The van der Waals surface area contributed by atoms with E-state index in [1.54, 1.807) is 6.20 Å². The lowest BCUT2D eigenvalue weighted by Gasteiger charge is -2.26. The van der Waals surface area contributed by atoms with E-state index in [9.17, 15) is 4.79 Å². The van der Waals surface area contributed by atoms with Crippen LogP contribution in [-0.2, 0) is 9.53 Å². The molecule has 0 spiro atoms. The third-order valence-electron chi connectivity index (χ3n) is 6.00. The van der Waals surface area contributed by atoms with Crippen LogP contribution in [0.3, 0.4) is 0 Å². The summed E-state index contributed by atoms with van der Waals surface area (Å²) in [5.41, 5.74) is 2.32. The fourth-order valence-corrected chi connectivity index (χ4v) is 4.29. The average Bonchev–Trinajstić information content (AvgIpc) is 3.34. The quantitative estimate of drug-likeness (QED) is 0.311. The van der Waals surface area contributed by atoms with Crippen molar-refractivity contribution in [2.24, 2.45) is 0 Å². The Labute approximate surface area is 219 Å². The number of nitrogens with one attached hydrogen (secondary N) is 2. The number of hydrogen-bond donors (Lipinski definition) is 2. The van der Waals surface area contributed by atoms with Crippen LogP contribution in [0.2, 0.25) is 5.02 Å². The van der Waals surface area contributed by atoms with Crippen molar-refractivity contribution < 1.29 is 14.3 Å². The second-order valence-electron chi connectivity index (χ2n) is 8.44. The Morgan fingerprint density at radius 3 is 2.86 bits per heavy atom. The maximum Gasteiger partial charge on any atom is 0.247 e. The van der Waals surface area contributed by atoms with E-state index in [-0.39, 0.29) is 5.91 Å². The van der Waals surface area contributed by atoms with Crippen molar-refractivity contribution in [3.63, 3.8) is 0 Å². The molecule has 0 atom stereocenters. The fraction of sp³-hybridized carbons (Fsp3) is 0.222. The minimum absolute atomic E-state index is 0.265. The number of carbonyl (C=O) groups is 1. The number of carbonyl (C=O) groups excluding carboxylic acids is 1. The molecule has 3 heterocycles. The first kappa shape index (κ1) is 24.8. The minimum Gasteiger partial charge on any atom is -0.490 e. The van der Waals surface area contributed by atoms with E-state index in [2.05, 4.69) is 32.1 Å². The summed E-state index contributed by atoms with van der Waals surface area (Å²) in [7, 11) is 0. The number of anilines is 3. The van der Waals surface area contributed by atoms with Crippen LogP contribution in [0.5, 0.6) is 5.75 Å². The first-order valence-corrected chi connectivity index (χ1v) is 12.3. The molecule has 5 rings (SSSR count). The second-order valence-corrected chi connectivity index (χ2v) is 8.85. The van der Waals surface area contributed by atoms with E-state index in [4.69, 9.17) is 21.1 Å². The highest BCUT2D eigenvalue weighted by Gasteiger charge is 2.14. The maximum atomic E-state index is 11.6. The molecule has 9 nitrogen and oxygen atoms in total. The van der Waals surface area contributed by atoms with E-state index in [0.717, 1.165) is 55.2 Å². The van der Waals surface area contributed by atoms with Crippen LogP contribution in [0.1, 0.15) is 0 Å². The van der Waals surface area contributed by atoms with Crippen molar-refractivity contribution in [3.8, 4) is 11.6 Å². The Morgan fingerprint density at radius 1 is 1.19 bits per heavy atom. The van der Waals surface area contributed by atoms with Gasteiger partial charge in [0, 0.05) is 36.9 Å². The number of para-hydroxylation sites is 2. The van der Waals surface area contributed by atoms with Gasteiger partial charge in [0.1, 0.15) is 17.4 Å². The molecule has 0 bridgehead atoms. The standard InChI is InChI=1S/C27H27ClN6O3/c1-2-25(35)30-20-7-8-23-19(17-20)9-10-34(23)26-21(28)18-29-27(32-26)31-22-5-3-4-6-24(22)37-16-13-33-11-14-36-15-12-33/h2-10,17-18H,1,11-16H2,(H,30,35)(H,29,31,32). The summed E-state index contributed by atoms with van der Waals surface area (Å²) in [6, 6.07) is 15.2. The number of rotatable bonds is 9. The van der Waals surface area contributed by atoms with Gasteiger partial charge < -0.3 is 20.1 Å². The fourth-order valence-electron chi connectivity index (χ4n) is 4.11. The van der Waals surface area contributed by atoms with Gasteiger partial charge >= 0.3 is 0 Å². The molecule has 2 aromatic heterocycles. The lowest BCUT2D eigenvalue weighted by Crippen LogP contribution is -2.38. The van der Waals surface area contributed by atoms with E-state index in [1.165, 1.54) is 6.08 Å². The lowest BCUT2D eigenvalue weighted by atomic mass is 10.2. The SMILES string of the molecule is C=CC(=O)Nc1ccc2c(ccn2-c2nc(Nc3ccccc3OCCN3CCOCC3)ncc2Cl)c1. The number of halogens is 1. The molecule has 0 unspecified atom stereocenters. The first-order chi connectivity index (χ1) is 18.1. The number of amides is 1. The van der Waals surface area contributed by atoms with Gasteiger partial charge in [0.15, 0.2) is 5.82 Å². The third-order valence-corrected chi connectivity index (χ3v) is 6.27. The Bertz CT molecular complexity index is 1420. The first-order valence-electron chi connectivity index (χ1n) is 12.0. The molecule has 0 saturated carbocycles. The Morgan fingerprint density at radius 2 is 2.03 bits per heavy atom. The van der Waals surface area contributed by atoms with Gasteiger partial charge in [-0.25, -0.2) is 4.98 Å². The summed E-state index contributed by atoms with van der Waals surface area (Å²) in [6.45, 7) is 8.25. The van der Waals surface area contributed by atoms with Gasteiger partial charge in [-0.05, 0) is 42.5 Å². The van der Waals surface area contributed by atoms with Crippen LogP contribution in [0.25, 0.3) is 16.7 Å². The molecule has 1 amide bonds. The molecule has 1 aliphatic rings. The van der Waals surface area contributed by atoms with Crippen LogP contribution in [0.4, 0.5) is 17.3 Å². The molecule has 10 heteroatoms. The molecule has 0 aliphatic carbocycles. The minimum atomic E-state index is -0.265. The molecular formula is C27H27ClN6O3. The molecule has 1 aliphatic heterocycles. The summed E-state index contributed by atoms with van der Waals surface area (Å²) < 4.78 is 13.4. The van der Waals surface area contributed by atoms with E-state index in [1.807, 2.05) is 59.3 Å². The van der Waals surface area contributed by atoms with E-state index in [0.29, 0.717) is 29.1 Å². The van der Waals surface area contributed by atoms with Crippen molar-refractivity contribution in [1.82, 2.24) is 19.4 Å². The zero-order valence-corrected chi connectivity index (χ0v) is 20.9. The van der Waals surface area contributed by atoms with Gasteiger partial charge in [-0.1, -0.05) is 30.3 Å². The van der Waals surface area contributed by atoms with Gasteiger partial charge in [-0.2, -0.15) is 4.98 Å². The van der Waals surface area contributed by atoms with Gasteiger partial charge in [0.05, 0.1) is 30.6 Å². The second kappa shape index (κ2) is 11.4. The van der Waals surface area contributed by atoms with Crippen LogP contribution < -0.4 is 15.4 Å². The van der Waals surface area contributed by atoms with Crippen molar-refractivity contribution in [2.45, 2.75) is 0 Å². The van der Waals surface area contributed by atoms with Crippen LogP contribution in [0.15, 0.2) is 73.6 Å². The molecule has 2 aromatic carbocycles. The van der Waals surface area contributed by atoms with Crippen molar-refractivity contribution in [1.29, 1.82) is 0 Å². The largest absolute Gasteiger partial charge is 0.490 e. The number of morpholine rings is 1. The number of ether oxygens (including phenoxy) is 2. The van der Waals surface area contributed by atoms with E-state index >= 15 is 0 Å². The van der Waals surface area contributed by atoms with Crippen molar-refractivity contribution >= 4 is 45.7 Å². The molecule has 2 N–H and O–H groups in total. The lowest BCUT2D eigenvalue weighted by molar-refractivity contribution is -0.111. The molecule has 0 radical (unpaired) electrons. The number of hydrogen-bond acceptors (Lipinski definition) is 7. The van der Waals surface area contributed by atoms with Crippen LogP contribution >= 0.6 is 11.6 Å². The highest BCUT2D eigenvalue weighted by molar-refractivity contribution is 6.32. The highest BCUT2D eigenvalue weighted by Crippen LogP contribution is 2.29.